The minimum absolute atomic E-state index is 0.0585. The van der Waals surface area contributed by atoms with Gasteiger partial charge in [0, 0.05) is 36.9 Å². The molecule has 0 bridgehead atoms. The molecule has 1 saturated heterocycles. The molecular weight excluding hydrogens is 368 g/mol. The number of methoxy groups -OCH3 is 1. The fourth-order valence-corrected chi connectivity index (χ4v) is 3.23. The normalized spacial score (nSPS) is 21.2. The lowest BCUT2D eigenvalue weighted by Gasteiger charge is -2.39. The van der Waals surface area contributed by atoms with Gasteiger partial charge in [-0.05, 0) is 34.8 Å². The first-order valence-corrected chi connectivity index (χ1v) is 8.03. The van der Waals surface area contributed by atoms with Crippen molar-refractivity contribution < 1.29 is 19.4 Å². The van der Waals surface area contributed by atoms with E-state index in [-0.39, 0.29) is 31.2 Å². The van der Waals surface area contributed by atoms with Crippen molar-refractivity contribution in [1.82, 2.24) is 9.47 Å². The summed E-state index contributed by atoms with van der Waals surface area (Å²) in [5.74, 6) is -1.23. The van der Waals surface area contributed by atoms with E-state index in [1.165, 1.54) is 22.6 Å². The summed E-state index contributed by atoms with van der Waals surface area (Å²) in [6.07, 6.45) is 2.61. The highest BCUT2D eigenvalue weighted by molar-refractivity contribution is 9.10. The van der Waals surface area contributed by atoms with Gasteiger partial charge in [-0.1, -0.05) is 0 Å². The number of hydrogen-bond acceptors (Lipinski definition) is 4. The van der Waals surface area contributed by atoms with Crippen molar-refractivity contribution in [2.75, 3.05) is 26.8 Å². The molecule has 1 amide bonds. The summed E-state index contributed by atoms with van der Waals surface area (Å²) < 4.78 is 7.05. The van der Waals surface area contributed by atoms with Gasteiger partial charge in [-0.3, -0.25) is 14.4 Å². The molecular formula is C15H19BrN2O5. The molecule has 1 unspecified atom stereocenters. The fraction of sp³-hybridized carbons (Fsp3) is 0.533. The van der Waals surface area contributed by atoms with Gasteiger partial charge in [0.25, 0.3) is 5.56 Å². The zero-order valence-corrected chi connectivity index (χ0v) is 14.4. The maximum Gasteiger partial charge on any atom is 0.313 e. The number of piperidine rings is 1. The number of pyridine rings is 1. The van der Waals surface area contributed by atoms with Crippen LogP contribution in [0.4, 0.5) is 0 Å². The average Bonchev–Trinajstić information content (AvgIpc) is 2.51. The number of rotatable bonds is 5. The Kier molecular flexibility index (Phi) is 5.59. The molecule has 0 saturated carbocycles. The van der Waals surface area contributed by atoms with Crippen LogP contribution in [-0.4, -0.2) is 53.3 Å². The third-order valence-corrected chi connectivity index (χ3v) is 4.53. The largest absolute Gasteiger partial charge is 0.481 e. The Morgan fingerprint density at radius 1 is 1.43 bits per heavy atom. The Morgan fingerprint density at radius 3 is 2.83 bits per heavy atom. The van der Waals surface area contributed by atoms with Gasteiger partial charge in [0.05, 0.1) is 6.61 Å². The number of carbonyl (C=O) groups excluding carboxylic acids is 1. The topological polar surface area (TPSA) is 88.8 Å². The second-order valence-electron chi connectivity index (χ2n) is 5.75. The molecule has 126 valence electrons. The predicted octanol–water partition coefficient (Wildman–Crippen LogP) is 0.951. The third-order valence-electron chi connectivity index (χ3n) is 4.06. The number of carbonyl (C=O) groups is 2. The first-order chi connectivity index (χ1) is 10.9. The summed E-state index contributed by atoms with van der Waals surface area (Å²) >= 11 is 3.26. The number of halogens is 1. The molecule has 1 aliphatic rings. The second kappa shape index (κ2) is 7.27. The SMILES string of the molecule is COCC1(C(=O)O)CCCN(C(=O)Cn2cc(Br)ccc2=O)C1. The van der Waals surface area contributed by atoms with Crippen LogP contribution in [0, 0.1) is 5.41 Å². The van der Waals surface area contributed by atoms with Gasteiger partial charge in [0.2, 0.25) is 5.91 Å². The predicted molar refractivity (Wildman–Crippen MR) is 86.2 cm³/mol. The molecule has 23 heavy (non-hydrogen) atoms. The van der Waals surface area contributed by atoms with Crippen LogP contribution >= 0.6 is 15.9 Å². The molecule has 1 aromatic rings. The van der Waals surface area contributed by atoms with E-state index in [2.05, 4.69) is 15.9 Å². The number of hydrogen-bond donors (Lipinski definition) is 1. The van der Waals surface area contributed by atoms with Crippen LogP contribution in [0.15, 0.2) is 27.6 Å². The summed E-state index contributed by atoms with van der Waals surface area (Å²) in [7, 11) is 1.45. The number of ether oxygens (including phenoxy) is 1. The number of carboxylic acid groups (broad SMARTS) is 1. The van der Waals surface area contributed by atoms with E-state index in [1.54, 1.807) is 12.3 Å². The lowest BCUT2D eigenvalue weighted by atomic mass is 9.80. The van der Waals surface area contributed by atoms with Gasteiger partial charge in [0.15, 0.2) is 0 Å². The number of aromatic nitrogens is 1. The Bertz CT molecular complexity index is 656. The van der Waals surface area contributed by atoms with Gasteiger partial charge >= 0.3 is 5.97 Å². The van der Waals surface area contributed by atoms with Crippen molar-refractivity contribution in [2.24, 2.45) is 5.41 Å². The summed E-state index contributed by atoms with van der Waals surface area (Å²) in [5.41, 5.74) is -1.36. The van der Waals surface area contributed by atoms with Crippen molar-refractivity contribution in [3.05, 3.63) is 33.2 Å². The maximum atomic E-state index is 12.5. The minimum atomic E-state index is -1.08. The standard InChI is InChI=1S/C15H19BrN2O5/c1-23-10-15(14(21)22)5-2-6-17(9-15)13(20)8-18-7-11(16)3-4-12(18)19/h3-4,7H,2,5-6,8-10H2,1H3,(H,21,22). The molecule has 0 aromatic carbocycles. The lowest BCUT2D eigenvalue weighted by Crippen LogP contribution is -2.53. The Labute approximate surface area is 142 Å². The first kappa shape index (κ1) is 17.7. The van der Waals surface area contributed by atoms with Crippen molar-refractivity contribution in [2.45, 2.75) is 19.4 Å². The second-order valence-corrected chi connectivity index (χ2v) is 6.67. The van der Waals surface area contributed by atoms with E-state index in [1.807, 2.05) is 0 Å². The van der Waals surface area contributed by atoms with Crippen LogP contribution in [0.5, 0.6) is 0 Å². The highest BCUT2D eigenvalue weighted by Gasteiger charge is 2.43. The number of aliphatic carboxylic acids is 1. The van der Waals surface area contributed by atoms with Crippen LogP contribution < -0.4 is 5.56 Å². The number of carboxylic acids is 1. The van der Waals surface area contributed by atoms with E-state index in [0.717, 1.165) is 0 Å². The van der Waals surface area contributed by atoms with Gasteiger partial charge in [-0.15, -0.1) is 0 Å². The van der Waals surface area contributed by atoms with E-state index < -0.39 is 11.4 Å². The maximum absolute atomic E-state index is 12.5. The van der Waals surface area contributed by atoms with Crippen LogP contribution in [-0.2, 0) is 20.9 Å². The van der Waals surface area contributed by atoms with E-state index >= 15 is 0 Å². The Balaban J connectivity index is 2.14. The molecule has 0 radical (unpaired) electrons. The monoisotopic (exact) mass is 386 g/mol. The van der Waals surface area contributed by atoms with E-state index in [0.29, 0.717) is 23.9 Å². The smallest absolute Gasteiger partial charge is 0.313 e. The lowest BCUT2D eigenvalue weighted by molar-refractivity contribution is -0.159. The quantitative estimate of drug-likeness (QED) is 0.813. The molecule has 1 N–H and O–H groups in total. The zero-order chi connectivity index (χ0) is 17.0. The number of nitrogens with zero attached hydrogens (tertiary/aromatic N) is 2. The molecule has 0 spiro atoms. The minimum Gasteiger partial charge on any atom is -0.481 e. The van der Waals surface area contributed by atoms with Crippen LogP contribution in [0.2, 0.25) is 0 Å². The summed E-state index contributed by atoms with van der Waals surface area (Å²) in [4.78, 5) is 37.4. The summed E-state index contributed by atoms with van der Waals surface area (Å²) in [6, 6.07) is 2.98. The molecule has 0 aliphatic carbocycles. The fourth-order valence-electron chi connectivity index (χ4n) is 2.85. The van der Waals surface area contributed by atoms with Crippen LogP contribution in [0.25, 0.3) is 0 Å². The molecule has 1 atom stereocenters. The van der Waals surface area contributed by atoms with Gasteiger partial charge in [-0.25, -0.2) is 0 Å². The van der Waals surface area contributed by atoms with Crippen molar-refractivity contribution >= 4 is 27.8 Å². The number of likely N-dealkylation sites (tertiary alicyclic amines) is 1. The summed E-state index contributed by atoms with van der Waals surface area (Å²) in [5, 5.41) is 9.51. The van der Waals surface area contributed by atoms with E-state index in [4.69, 9.17) is 4.74 Å². The number of amides is 1. The molecule has 2 rings (SSSR count). The summed E-state index contributed by atoms with van der Waals surface area (Å²) in [6.45, 7) is 0.530. The first-order valence-electron chi connectivity index (χ1n) is 7.24. The van der Waals surface area contributed by atoms with Gasteiger partial charge in [0.1, 0.15) is 12.0 Å². The van der Waals surface area contributed by atoms with Crippen molar-refractivity contribution in [1.29, 1.82) is 0 Å². The molecule has 1 fully saturated rings. The molecule has 2 heterocycles. The van der Waals surface area contributed by atoms with Gasteiger partial charge < -0.3 is 19.3 Å². The molecule has 8 heteroatoms. The average molecular weight is 387 g/mol. The van der Waals surface area contributed by atoms with Crippen LogP contribution in [0.3, 0.4) is 0 Å². The highest BCUT2D eigenvalue weighted by atomic mass is 79.9. The van der Waals surface area contributed by atoms with Crippen LogP contribution in [0.1, 0.15) is 12.8 Å². The Morgan fingerprint density at radius 2 is 2.17 bits per heavy atom. The molecule has 7 nitrogen and oxygen atoms in total. The van der Waals surface area contributed by atoms with Crippen molar-refractivity contribution in [3.8, 4) is 0 Å². The zero-order valence-electron chi connectivity index (χ0n) is 12.8. The molecule has 1 aromatic heterocycles. The molecule has 1 aliphatic heterocycles. The van der Waals surface area contributed by atoms with Crippen molar-refractivity contribution in [3.63, 3.8) is 0 Å². The van der Waals surface area contributed by atoms with E-state index in [9.17, 15) is 19.5 Å². The Hall–Kier alpha value is -1.67. The van der Waals surface area contributed by atoms with Gasteiger partial charge in [-0.2, -0.15) is 0 Å². The third kappa shape index (κ3) is 4.00. The highest BCUT2D eigenvalue weighted by Crippen LogP contribution is 2.31.